The third kappa shape index (κ3) is 4.25. The number of likely N-dealkylation sites (tertiary alicyclic amines) is 1. The highest BCUT2D eigenvalue weighted by atomic mass is 16.5. The summed E-state index contributed by atoms with van der Waals surface area (Å²) in [6, 6.07) is 1.10. The highest BCUT2D eigenvalue weighted by Gasteiger charge is 2.38. The van der Waals surface area contributed by atoms with E-state index < -0.39 is 0 Å². The van der Waals surface area contributed by atoms with Gasteiger partial charge >= 0.3 is 0 Å². The lowest BCUT2D eigenvalue weighted by atomic mass is 9.99. The van der Waals surface area contributed by atoms with Crippen molar-refractivity contribution in [1.82, 2.24) is 15.1 Å². The van der Waals surface area contributed by atoms with Gasteiger partial charge in [-0.1, -0.05) is 13.8 Å². The van der Waals surface area contributed by atoms with E-state index in [4.69, 9.17) is 4.74 Å². The van der Waals surface area contributed by atoms with E-state index >= 15 is 0 Å². The molecule has 1 saturated carbocycles. The van der Waals surface area contributed by atoms with Crippen molar-refractivity contribution in [3.8, 4) is 0 Å². The van der Waals surface area contributed by atoms with E-state index in [0.29, 0.717) is 12.0 Å². The van der Waals surface area contributed by atoms with Gasteiger partial charge in [-0.05, 0) is 39.0 Å². The maximum Gasteiger partial charge on any atom is 0.237 e. The number of carbonyl (C=O) groups excluding carboxylic acids is 1. The summed E-state index contributed by atoms with van der Waals surface area (Å²) >= 11 is 0. The van der Waals surface area contributed by atoms with Gasteiger partial charge in [-0.15, -0.1) is 0 Å². The van der Waals surface area contributed by atoms with Gasteiger partial charge in [0.25, 0.3) is 0 Å². The van der Waals surface area contributed by atoms with Gasteiger partial charge in [-0.25, -0.2) is 0 Å². The van der Waals surface area contributed by atoms with Crippen molar-refractivity contribution in [3.05, 3.63) is 0 Å². The third-order valence-electron chi connectivity index (χ3n) is 5.37. The molecule has 0 aromatic carbocycles. The Hall–Kier alpha value is -0.650. The standard InChI is InChI=1S/C18H33N3O2/c1-12(2)17(21-9-13(3)23-14(4)10-21)18(22)19-15-7-8-20(11-15)16-5-6-16/h12-17H,5-11H2,1-4H3,(H,19,22)/t13-,14+,15-,17+/m1/s1. The molecule has 0 aromatic rings. The second-order valence-electron chi connectivity index (χ2n) is 8.12. The summed E-state index contributed by atoms with van der Waals surface area (Å²) in [6.07, 6.45) is 4.19. The molecular formula is C18H33N3O2. The Morgan fingerprint density at radius 2 is 1.74 bits per heavy atom. The van der Waals surface area contributed by atoms with Gasteiger partial charge in [-0.3, -0.25) is 14.6 Å². The van der Waals surface area contributed by atoms with Gasteiger partial charge in [0, 0.05) is 38.3 Å². The van der Waals surface area contributed by atoms with Gasteiger partial charge in [0.2, 0.25) is 5.91 Å². The first kappa shape index (κ1) is 17.2. The Morgan fingerprint density at radius 3 is 2.30 bits per heavy atom. The number of rotatable bonds is 5. The lowest BCUT2D eigenvalue weighted by molar-refractivity contribution is -0.136. The van der Waals surface area contributed by atoms with Gasteiger partial charge in [0.1, 0.15) is 0 Å². The lowest BCUT2D eigenvalue weighted by Gasteiger charge is -2.41. The van der Waals surface area contributed by atoms with E-state index in [2.05, 4.69) is 42.8 Å². The van der Waals surface area contributed by atoms with Crippen LogP contribution in [0, 0.1) is 5.92 Å². The molecule has 23 heavy (non-hydrogen) atoms. The van der Waals surface area contributed by atoms with Crippen molar-refractivity contribution in [3.63, 3.8) is 0 Å². The number of hydrogen-bond acceptors (Lipinski definition) is 4. The van der Waals surface area contributed by atoms with E-state index in [1.807, 2.05) is 0 Å². The number of morpholine rings is 1. The molecule has 132 valence electrons. The van der Waals surface area contributed by atoms with Gasteiger partial charge in [0.05, 0.1) is 18.2 Å². The minimum atomic E-state index is -0.0428. The van der Waals surface area contributed by atoms with Crippen LogP contribution >= 0.6 is 0 Å². The van der Waals surface area contributed by atoms with Crippen molar-refractivity contribution in [1.29, 1.82) is 0 Å². The summed E-state index contributed by atoms with van der Waals surface area (Å²) in [5, 5.41) is 3.34. The van der Waals surface area contributed by atoms with E-state index in [9.17, 15) is 4.79 Å². The van der Waals surface area contributed by atoms with Crippen LogP contribution in [-0.4, -0.2) is 72.2 Å². The third-order valence-corrected chi connectivity index (χ3v) is 5.37. The summed E-state index contributed by atoms with van der Waals surface area (Å²) in [5.41, 5.74) is 0. The molecule has 3 fully saturated rings. The molecule has 0 spiro atoms. The average Bonchev–Trinajstić information content (AvgIpc) is 3.18. The number of carbonyl (C=O) groups is 1. The zero-order valence-corrected chi connectivity index (χ0v) is 15.1. The summed E-state index contributed by atoms with van der Waals surface area (Å²) in [7, 11) is 0. The SMILES string of the molecule is CC(C)[C@@H](C(=O)N[C@@H]1CCN(C2CC2)C1)N1C[C@@H](C)O[C@@H](C)C1. The van der Waals surface area contributed by atoms with Crippen molar-refractivity contribution < 1.29 is 9.53 Å². The first-order valence-electron chi connectivity index (χ1n) is 9.38. The molecule has 5 heteroatoms. The first-order valence-corrected chi connectivity index (χ1v) is 9.38. The van der Waals surface area contributed by atoms with Crippen LogP contribution in [0.1, 0.15) is 47.0 Å². The van der Waals surface area contributed by atoms with Crippen LogP contribution in [0.25, 0.3) is 0 Å². The fraction of sp³-hybridized carbons (Fsp3) is 0.944. The normalized spacial score (nSPS) is 34.7. The highest BCUT2D eigenvalue weighted by molar-refractivity contribution is 5.82. The molecule has 1 N–H and O–H groups in total. The van der Waals surface area contributed by atoms with Crippen LogP contribution in [-0.2, 0) is 9.53 Å². The maximum atomic E-state index is 12.9. The summed E-state index contributed by atoms with van der Waals surface area (Å²) in [6.45, 7) is 12.4. The molecule has 0 unspecified atom stereocenters. The monoisotopic (exact) mass is 323 g/mol. The molecule has 0 radical (unpaired) electrons. The van der Waals surface area contributed by atoms with E-state index in [0.717, 1.165) is 38.6 Å². The largest absolute Gasteiger partial charge is 0.373 e. The highest BCUT2D eigenvalue weighted by Crippen LogP contribution is 2.30. The van der Waals surface area contributed by atoms with Crippen LogP contribution < -0.4 is 5.32 Å². The smallest absolute Gasteiger partial charge is 0.237 e. The second kappa shape index (κ2) is 7.08. The maximum absolute atomic E-state index is 12.9. The molecular weight excluding hydrogens is 290 g/mol. The number of hydrogen-bond donors (Lipinski definition) is 1. The quantitative estimate of drug-likeness (QED) is 0.832. The van der Waals surface area contributed by atoms with Crippen LogP contribution in [0.4, 0.5) is 0 Å². The Morgan fingerprint density at radius 1 is 1.09 bits per heavy atom. The van der Waals surface area contributed by atoms with Crippen molar-refractivity contribution in [2.24, 2.45) is 5.92 Å². The molecule has 0 aromatic heterocycles. The van der Waals surface area contributed by atoms with Gasteiger partial charge < -0.3 is 10.1 Å². The van der Waals surface area contributed by atoms with E-state index in [1.54, 1.807) is 0 Å². The number of nitrogens with zero attached hydrogens (tertiary/aromatic N) is 2. The Kier molecular flexibility index (Phi) is 5.29. The van der Waals surface area contributed by atoms with Crippen LogP contribution in [0.3, 0.4) is 0 Å². The fourth-order valence-electron chi connectivity index (χ4n) is 4.30. The molecule has 5 nitrogen and oxygen atoms in total. The fourth-order valence-corrected chi connectivity index (χ4v) is 4.30. The average molecular weight is 323 g/mol. The van der Waals surface area contributed by atoms with Crippen LogP contribution in [0.5, 0.6) is 0 Å². The minimum absolute atomic E-state index is 0.0428. The second-order valence-corrected chi connectivity index (χ2v) is 8.12. The minimum Gasteiger partial charge on any atom is -0.373 e. The van der Waals surface area contributed by atoms with Crippen molar-refractivity contribution in [2.45, 2.75) is 77.3 Å². The number of amides is 1. The predicted molar refractivity (Wildman–Crippen MR) is 91.4 cm³/mol. The van der Waals surface area contributed by atoms with E-state index in [-0.39, 0.29) is 24.2 Å². The zero-order chi connectivity index (χ0) is 16.6. The van der Waals surface area contributed by atoms with Crippen LogP contribution in [0.15, 0.2) is 0 Å². The lowest BCUT2D eigenvalue weighted by Crippen LogP contribution is -2.58. The van der Waals surface area contributed by atoms with Gasteiger partial charge in [-0.2, -0.15) is 0 Å². The number of nitrogens with one attached hydrogen (secondary N) is 1. The van der Waals surface area contributed by atoms with Crippen molar-refractivity contribution in [2.75, 3.05) is 26.2 Å². The molecule has 0 bridgehead atoms. The molecule has 2 heterocycles. The molecule has 1 amide bonds. The Labute approximate surface area is 140 Å². The first-order chi connectivity index (χ1) is 10.9. The summed E-state index contributed by atoms with van der Waals surface area (Å²) in [5.74, 6) is 0.525. The van der Waals surface area contributed by atoms with Gasteiger partial charge in [0.15, 0.2) is 0 Å². The Balaban J connectivity index is 1.58. The molecule has 3 rings (SSSR count). The Bertz CT molecular complexity index is 414. The number of ether oxygens (including phenoxy) is 1. The molecule has 1 aliphatic carbocycles. The molecule has 2 saturated heterocycles. The van der Waals surface area contributed by atoms with E-state index in [1.165, 1.54) is 12.8 Å². The predicted octanol–water partition coefficient (Wildman–Crippen LogP) is 1.47. The topological polar surface area (TPSA) is 44.8 Å². The molecule has 3 aliphatic rings. The summed E-state index contributed by atoms with van der Waals surface area (Å²) < 4.78 is 5.83. The molecule has 4 atom stereocenters. The zero-order valence-electron chi connectivity index (χ0n) is 15.1. The summed E-state index contributed by atoms with van der Waals surface area (Å²) in [4.78, 5) is 17.8. The van der Waals surface area contributed by atoms with Crippen LogP contribution in [0.2, 0.25) is 0 Å². The molecule has 2 aliphatic heterocycles. The van der Waals surface area contributed by atoms with Crippen molar-refractivity contribution >= 4 is 5.91 Å².